The monoisotopic (exact) mass is 1650 g/mol. The van der Waals surface area contributed by atoms with Gasteiger partial charge in [-0.15, -0.1) is 34.0 Å². The summed E-state index contributed by atoms with van der Waals surface area (Å²) >= 11 is 9.81. The number of carbonyl (C=O) groups excluding carboxylic acids is 9. The van der Waals surface area contributed by atoms with Crippen molar-refractivity contribution in [2.24, 2.45) is 23.2 Å². The lowest BCUT2D eigenvalue weighted by atomic mass is 9.85. The van der Waals surface area contributed by atoms with E-state index in [9.17, 15) is 58.5 Å². The summed E-state index contributed by atoms with van der Waals surface area (Å²) in [5, 5.41) is 36.9. The smallest absolute Gasteiger partial charge is 0.255 e. The van der Waals surface area contributed by atoms with Gasteiger partial charge in [0.1, 0.15) is 18.1 Å². The van der Waals surface area contributed by atoms with Crippen LogP contribution >= 0.6 is 61.7 Å². The number of rotatable bonds is 29. The Morgan fingerprint density at radius 1 is 0.550 bits per heavy atom. The Bertz CT molecular complexity index is 4380. The maximum absolute atomic E-state index is 13.9. The standard InChI is InChI=1S/C30H32BrN3O4S.C28H39N3O4S.C27H37N3O4S2/c1-17(2)27(34-15-23-22(29(34)37)5-4-6-24(23)31)30(38)33-14-21(35)13-25(33)26(36)12-9-19-7-10-20(11-8-19)28-18(3)32-16-39-28;1-17(2)13-24(34)30-26(28(4,5)6)27(35)31-15-21(32)14-22(31)23(33)12-9-19-7-10-20(11-8-19)25-18(3)29-16-36-25;1-17(2)5-12-25(33)29-22(15-35-4)27(34)30-14-21(31)13-23(30)24(32)11-8-19-6-9-20(10-7-19)26-18(3)28-16-36-26/h4-8,10-11,16-17,21,25,27,35H,9,12-15H2,1-3H3;7-8,10-11,16-17,21-22,26,32H,9,12-15H2,1-6H3,(H,30,34);6-7,9-10,16-17,21-23,31H,5,8,11-15H2,1-4H3,(H,29,33)/t21-,25+,27+;21-,22+,26-;21-,22+,23+/m111/s1. The highest BCUT2D eigenvalue weighted by atomic mass is 79.9. The molecule has 3 saturated heterocycles. The highest BCUT2D eigenvalue weighted by Gasteiger charge is 2.48. The van der Waals surface area contributed by atoms with Crippen molar-refractivity contribution in [3.63, 3.8) is 0 Å². The van der Waals surface area contributed by atoms with E-state index in [-0.39, 0.29) is 123 Å². The lowest BCUT2D eigenvalue weighted by Gasteiger charge is -2.35. The van der Waals surface area contributed by atoms with Gasteiger partial charge in [-0.3, -0.25) is 43.2 Å². The Kier molecular flexibility index (Phi) is 31.3. The fourth-order valence-electron chi connectivity index (χ4n) is 14.7. The largest absolute Gasteiger partial charge is 0.391 e. The number of thioether (sulfide) groups is 1. The minimum Gasteiger partial charge on any atom is -0.391 e. The second-order valence-corrected chi connectivity index (χ2v) is 36.2. The van der Waals surface area contributed by atoms with E-state index in [1.165, 1.54) is 26.5 Å². The van der Waals surface area contributed by atoms with Crippen LogP contribution in [-0.4, -0.2) is 189 Å². The molecule has 26 heteroatoms. The van der Waals surface area contributed by atoms with Gasteiger partial charge in [-0.05, 0) is 127 Å². The average molecular weight is 1660 g/mol. The molecule has 4 aromatic carbocycles. The van der Waals surface area contributed by atoms with Crippen LogP contribution in [0.1, 0.15) is 170 Å². The maximum atomic E-state index is 13.9. The first-order chi connectivity index (χ1) is 52.7. The van der Waals surface area contributed by atoms with E-state index in [1.54, 1.807) is 45.0 Å². The van der Waals surface area contributed by atoms with E-state index < -0.39 is 60.0 Å². The zero-order chi connectivity index (χ0) is 80.7. The molecular weight excluding hydrogens is 1550 g/mol. The molecule has 3 aromatic heterocycles. The number of aryl methyl sites for hydroxylation is 6. The number of fused-ring (bicyclic) bond motifs is 1. The van der Waals surface area contributed by atoms with Crippen molar-refractivity contribution >= 4 is 114 Å². The number of hydrogen-bond donors (Lipinski definition) is 5. The Morgan fingerprint density at radius 2 is 0.955 bits per heavy atom. The zero-order valence-electron chi connectivity index (χ0n) is 66.0. The highest BCUT2D eigenvalue weighted by Crippen LogP contribution is 2.37. The molecular formula is C85H108BrN9O12S4. The molecule has 11 rings (SSSR count). The van der Waals surface area contributed by atoms with Crippen LogP contribution in [0.15, 0.2) is 112 Å². The number of nitrogens with zero attached hydrogens (tertiary/aromatic N) is 7. The molecule has 0 radical (unpaired) electrons. The van der Waals surface area contributed by atoms with Crippen LogP contribution < -0.4 is 10.6 Å². The number of hydrogen-bond acceptors (Lipinski definition) is 19. The molecule has 6 amide bonds. The van der Waals surface area contributed by atoms with E-state index in [0.29, 0.717) is 55.9 Å². The number of β-amino-alcohol motifs (C(OH)–C–C–N with tert-alkyl or cyclic N) is 3. The predicted octanol–water partition coefficient (Wildman–Crippen LogP) is 13.1. The van der Waals surface area contributed by atoms with Gasteiger partial charge in [0.05, 0.1) is 84.7 Å². The first-order valence-electron chi connectivity index (χ1n) is 38.4. The number of Topliss-reactive ketones (excluding diaryl/α,β-unsaturated/α-hetero) is 3. The number of halogens is 1. The molecule has 0 spiro atoms. The molecule has 4 aliphatic heterocycles. The summed E-state index contributed by atoms with van der Waals surface area (Å²) in [5.74, 6) is -0.760. The molecule has 596 valence electrons. The predicted molar refractivity (Wildman–Crippen MR) is 443 cm³/mol. The molecule has 0 aliphatic carbocycles. The number of ketones is 3. The molecule has 21 nitrogen and oxygen atoms in total. The van der Waals surface area contributed by atoms with Gasteiger partial charge in [0.15, 0.2) is 17.3 Å². The average Bonchev–Trinajstić information content (AvgIpc) is 1.60. The lowest BCUT2D eigenvalue weighted by Crippen LogP contribution is -2.56. The maximum Gasteiger partial charge on any atom is 0.255 e. The van der Waals surface area contributed by atoms with Crippen LogP contribution in [-0.2, 0) is 64.2 Å². The molecule has 0 bridgehead atoms. The summed E-state index contributed by atoms with van der Waals surface area (Å²) in [6.07, 6.45) is 4.26. The number of aliphatic hydroxyl groups is 3. The van der Waals surface area contributed by atoms with Crippen LogP contribution in [0.3, 0.4) is 0 Å². The number of benzene rings is 4. The lowest BCUT2D eigenvalue weighted by molar-refractivity contribution is -0.143. The van der Waals surface area contributed by atoms with Crippen LogP contribution in [0, 0.1) is 43.9 Å². The van der Waals surface area contributed by atoms with Crippen LogP contribution in [0.25, 0.3) is 31.3 Å². The minimum absolute atomic E-state index is 0.0590. The van der Waals surface area contributed by atoms with Crippen molar-refractivity contribution < 1.29 is 58.5 Å². The summed E-state index contributed by atoms with van der Waals surface area (Å²) in [6, 6.07) is 25.7. The summed E-state index contributed by atoms with van der Waals surface area (Å²) in [5.41, 5.74) is 15.9. The van der Waals surface area contributed by atoms with Crippen LogP contribution in [0.4, 0.5) is 0 Å². The van der Waals surface area contributed by atoms with Crippen LogP contribution in [0.5, 0.6) is 0 Å². The minimum atomic E-state index is -0.771. The molecule has 5 N–H and O–H groups in total. The third-order valence-electron chi connectivity index (χ3n) is 20.8. The first-order valence-corrected chi connectivity index (χ1v) is 43.2. The molecule has 3 fully saturated rings. The summed E-state index contributed by atoms with van der Waals surface area (Å²) in [4.78, 5) is 141. The Labute approximate surface area is 677 Å². The number of carbonyl (C=O) groups is 9. The number of nitrogens with one attached hydrogen (secondary N) is 2. The molecule has 0 saturated carbocycles. The summed E-state index contributed by atoms with van der Waals surface area (Å²) in [7, 11) is 0. The topological polar surface area (TPSA) is 290 Å². The third kappa shape index (κ3) is 23.1. The second-order valence-electron chi connectivity index (χ2n) is 31.8. The Hall–Kier alpha value is -7.69. The molecule has 7 heterocycles. The summed E-state index contributed by atoms with van der Waals surface area (Å²) in [6.45, 7) is 24.1. The molecule has 4 aliphatic rings. The van der Waals surface area contributed by atoms with Gasteiger partial charge in [0.25, 0.3) is 5.91 Å². The zero-order valence-corrected chi connectivity index (χ0v) is 70.9. The molecule has 7 aromatic rings. The first kappa shape index (κ1) is 87.3. The Morgan fingerprint density at radius 3 is 1.31 bits per heavy atom. The van der Waals surface area contributed by atoms with Crippen molar-refractivity contribution in [1.82, 2.24) is 45.2 Å². The normalized spacial score (nSPS) is 19.0. The highest BCUT2D eigenvalue weighted by molar-refractivity contribution is 9.10. The van der Waals surface area contributed by atoms with Gasteiger partial charge in [0, 0.05) is 93.3 Å². The Balaban J connectivity index is 0.000000192. The summed E-state index contributed by atoms with van der Waals surface area (Å²) < 4.78 is 0.839. The number of aromatic nitrogens is 3. The van der Waals surface area contributed by atoms with Gasteiger partial charge < -0.3 is 45.6 Å². The van der Waals surface area contributed by atoms with Crippen molar-refractivity contribution in [3.8, 4) is 31.3 Å². The molecule has 111 heavy (non-hydrogen) atoms. The fourth-order valence-corrected chi connectivity index (χ4v) is 18.2. The quantitative estimate of drug-likeness (QED) is 0.0291. The van der Waals surface area contributed by atoms with Gasteiger partial charge in [-0.1, -0.05) is 157 Å². The van der Waals surface area contributed by atoms with E-state index in [1.807, 2.05) is 177 Å². The van der Waals surface area contributed by atoms with E-state index >= 15 is 0 Å². The van der Waals surface area contributed by atoms with Crippen LogP contribution in [0.2, 0.25) is 0 Å². The SMILES string of the molecule is CSC[C@H](NC(=O)CCC(C)C)C(=O)N1C[C@H](O)C[C@H]1C(=O)CCc1ccc(-c2scnc2C)cc1.Cc1ncsc1-c1ccc(CCC(=O)[C@@H]2C[C@@H](O)CN2C(=O)[C@@H](NC(=O)CC(C)C)C(C)(C)C)cc1.Cc1ncsc1-c1ccc(CCC(=O)[C@@H]2C[C@@H](O)CN2C(=O)[C@H](C(C)C)N2Cc3c(Br)cccc3C2=O)cc1. The number of amides is 6. The second kappa shape index (κ2) is 39.9. The van der Waals surface area contributed by atoms with Crippen molar-refractivity contribution in [2.45, 2.75) is 221 Å². The van der Waals surface area contributed by atoms with Gasteiger partial charge >= 0.3 is 0 Å². The van der Waals surface area contributed by atoms with E-state index in [0.717, 1.165) is 81.6 Å². The number of thiazole rings is 3. The number of aliphatic hydroxyl groups excluding tert-OH is 3. The van der Waals surface area contributed by atoms with Gasteiger partial charge in [-0.2, -0.15) is 11.8 Å². The fraction of sp³-hybridized carbons (Fsp3) is 0.506. The third-order valence-corrected chi connectivity index (χ3v) is 25.1. The number of likely N-dealkylation sites (tertiary alicyclic amines) is 3. The van der Waals surface area contributed by atoms with E-state index in [2.05, 4.69) is 55.4 Å². The van der Waals surface area contributed by atoms with Gasteiger partial charge in [0.2, 0.25) is 29.5 Å². The molecule has 0 unspecified atom stereocenters. The van der Waals surface area contributed by atoms with Gasteiger partial charge in [-0.25, -0.2) is 15.0 Å². The van der Waals surface area contributed by atoms with Crippen molar-refractivity contribution in [1.29, 1.82) is 0 Å². The van der Waals surface area contributed by atoms with E-state index in [4.69, 9.17) is 0 Å². The van der Waals surface area contributed by atoms with Crippen molar-refractivity contribution in [3.05, 3.63) is 157 Å². The molecule has 9 atom stereocenters. The van der Waals surface area contributed by atoms with Crippen molar-refractivity contribution in [2.75, 3.05) is 31.6 Å².